The molecular weight excluding hydrogens is 360 g/mol. The van der Waals surface area contributed by atoms with E-state index in [9.17, 15) is 14.4 Å². The molecule has 3 rings (SSSR count). The highest BCUT2D eigenvalue weighted by atomic mass is 16.5. The Morgan fingerprint density at radius 2 is 1.82 bits per heavy atom. The van der Waals surface area contributed by atoms with Crippen LogP contribution < -0.4 is 10.1 Å². The van der Waals surface area contributed by atoms with Crippen molar-refractivity contribution in [3.63, 3.8) is 0 Å². The summed E-state index contributed by atoms with van der Waals surface area (Å²) in [5.74, 6) is -0.964. The Morgan fingerprint density at radius 3 is 2.46 bits per heavy atom. The minimum atomic E-state index is -1.38. The summed E-state index contributed by atoms with van der Waals surface area (Å²) in [7, 11) is 2.74. The molecule has 1 aliphatic rings. The first-order valence-corrected chi connectivity index (χ1v) is 8.94. The van der Waals surface area contributed by atoms with Crippen molar-refractivity contribution < 1.29 is 24.2 Å². The van der Waals surface area contributed by atoms with Gasteiger partial charge in [0.05, 0.1) is 6.61 Å². The van der Waals surface area contributed by atoms with Gasteiger partial charge in [0, 0.05) is 26.1 Å². The van der Waals surface area contributed by atoms with E-state index in [4.69, 9.17) is 9.84 Å². The lowest BCUT2D eigenvalue weighted by Gasteiger charge is -2.25. The zero-order valence-corrected chi connectivity index (χ0v) is 15.8. The number of amides is 2. The van der Waals surface area contributed by atoms with E-state index in [1.54, 1.807) is 12.1 Å². The molecule has 1 unspecified atom stereocenters. The van der Waals surface area contributed by atoms with Crippen molar-refractivity contribution in [3.8, 4) is 16.9 Å². The number of carbonyl (C=O) groups is 3. The molecule has 0 saturated heterocycles. The molecule has 2 aromatic rings. The summed E-state index contributed by atoms with van der Waals surface area (Å²) in [4.78, 5) is 37.6. The van der Waals surface area contributed by atoms with E-state index in [0.717, 1.165) is 33.8 Å². The van der Waals surface area contributed by atoms with Gasteiger partial charge in [-0.2, -0.15) is 0 Å². The average molecular weight is 382 g/mol. The number of nitrogens with one attached hydrogen (secondary N) is 1. The molecule has 28 heavy (non-hydrogen) atoms. The molecule has 1 heterocycles. The molecule has 1 atom stereocenters. The Bertz CT molecular complexity index is 892. The van der Waals surface area contributed by atoms with E-state index in [1.165, 1.54) is 14.1 Å². The Morgan fingerprint density at radius 1 is 1.14 bits per heavy atom. The van der Waals surface area contributed by atoms with Gasteiger partial charge in [-0.25, -0.2) is 0 Å². The number of ketones is 1. The second kappa shape index (κ2) is 8.22. The van der Waals surface area contributed by atoms with Crippen molar-refractivity contribution in [2.75, 3.05) is 27.3 Å². The minimum absolute atomic E-state index is 0.343. The lowest BCUT2D eigenvalue weighted by molar-refractivity contribution is -0.135. The van der Waals surface area contributed by atoms with E-state index in [-0.39, 0.29) is 0 Å². The highest BCUT2D eigenvalue weighted by Crippen LogP contribution is 2.30. The summed E-state index contributed by atoms with van der Waals surface area (Å²) in [6.45, 7) is -0.131. The van der Waals surface area contributed by atoms with Gasteiger partial charge in [-0.1, -0.05) is 18.2 Å². The third-order valence-electron chi connectivity index (χ3n) is 4.82. The van der Waals surface area contributed by atoms with Crippen LogP contribution in [-0.2, 0) is 16.0 Å². The molecule has 0 saturated carbocycles. The fraction of sp³-hybridized carbons (Fsp3) is 0.286. The van der Waals surface area contributed by atoms with Gasteiger partial charge in [-0.05, 0) is 41.0 Å². The van der Waals surface area contributed by atoms with Crippen molar-refractivity contribution >= 4 is 17.6 Å². The number of likely N-dealkylation sites (N-methyl/N-ethyl adjacent to an activating group) is 2. The molecular formula is C21H22N2O5. The number of rotatable bonds is 6. The topological polar surface area (TPSA) is 95.9 Å². The normalized spacial score (nSPS) is 13.2. The summed E-state index contributed by atoms with van der Waals surface area (Å²) in [5, 5.41) is 11.4. The van der Waals surface area contributed by atoms with Gasteiger partial charge in [0.1, 0.15) is 12.4 Å². The van der Waals surface area contributed by atoms with Crippen LogP contribution in [0.5, 0.6) is 5.75 Å². The maximum Gasteiger partial charge on any atom is 0.254 e. The predicted molar refractivity (Wildman–Crippen MR) is 103 cm³/mol. The number of hydrogen-bond donors (Lipinski definition) is 2. The van der Waals surface area contributed by atoms with Gasteiger partial charge in [0.15, 0.2) is 11.8 Å². The summed E-state index contributed by atoms with van der Waals surface area (Å²) in [5.41, 5.74) is 3.47. The summed E-state index contributed by atoms with van der Waals surface area (Å²) in [6, 6.07) is 11.6. The number of aliphatic hydroxyl groups is 1. The van der Waals surface area contributed by atoms with Gasteiger partial charge in [-0.15, -0.1) is 0 Å². The molecule has 0 bridgehead atoms. The molecule has 1 aliphatic heterocycles. The quantitative estimate of drug-likeness (QED) is 0.728. The van der Waals surface area contributed by atoms with Gasteiger partial charge >= 0.3 is 0 Å². The van der Waals surface area contributed by atoms with Gasteiger partial charge in [0.25, 0.3) is 5.91 Å². The van der Waals surface area contributed by atoms with Crippen molar-refractivity contribution in [1.82, 2.24) is 10.2 Å². The highest BCUT2D eigenvalue weighted by Gasteiger charge is 2.32. The standard InChI is InChI=1S/C21H22N2O5/c1-22-20(26)19(17(25)12-24)23(2)21(27)14-5-3-13(4-6-14)15-7-8-18-16(11-15)9-10-28-18/h3-8,11,19,24H,9-10,12H2,1-2H3,(H,22,26). The first-order chi connectivity index (χ1) is 13.5. The maximum absolute atomic E-state index is 12.7. The molecule has 0 aliphatic carbocycles. The Kier molecular flexibility index (Phi) is 5.75. The third-order valence-corrected chi connectivity index (χ3v) is 4.82. The Balaban J connectivity index is 1.81. The van der Waals surface area contributed by atoms with Crippen LogP contribution in [0.2, 0.25) is 0 Å². The minimum Gasteiger partial charge on any atom is -0.493 e. The van der Waals surface area contributed by atoms with Gasteiger partial charge in [-0.3, -0.25) is 14.4 Å². The molecule has 0 spiro atoms. The van der Waals surface area contributed by atoms with Crippen LogP contribution in [0, 0.1) is 0 Å². The van der Waals surface area contributed by atoms with Gasteiger partial charge < -0.3 is 20.1 Å². The highest BCUT2D eigenvalue weighted by molar-refractivity contribution is 6.10. The molecule has 7 heteroatoms. The van der Waals surface area contributed by atoms with Crippen LogP contribution in [0.4, 0.5) is 0 Å². The van der Waals surface area contributed by atoms with Gasteiger partial charge in [0.2, 0.25) is 5.91 Å². The summed E-state index contributed by atoms with van der Waals surface area (Å²) in [6.07, 6.45) is 0.879. The maximum atomic E-state index is 12.7. The second-order valence-electron chi connectivity index (χ2n) is 6.56. The van der Waals surface area contributed by atoms with Crippen LogP contribution in [0.1, 0.15) is 15.9 Å². The summed E-state index contributed by atoms with van der Waals surface area (Å²) >= 11 is 0. The fourth-order valence-electron chi connectivity index (χ4n) is 3.25. The lowest BCUT2D eigenvalue weighted by atomic mass is 10.00. The molecule has 7 nitrogen and oxygen atoms in total. The van der Waals surface area contributed by atoms with Crippen LogP contribution in [-0.4, -0.2) is 61.0 Å². The number of Topliss-reactive ketones (excluding diaryl/α,β-unsaturated/α-hetero) is 1. The molecule has 2 N–H and O–H groups in total. The van der Waals surface area contributed by atoms with E-state index in [0.29, 0.717) is 12.2 Å². The first-order valence-electron chi connectivity index (χ1n) is 8.94. The van der Waals surface area contributed by atoms with E-state index < -0.39 is 30.2 Å². The van der Waals surface area contributed by atoms with Crippen LogP contribution in [0.15, 0.2) is 42.5 Å². The molecule has 146 valence electrons. The molecule has 0 aromatic heterocycles. The number of aliphatic hydroxyl groups excluding tert-OH is 1. The average Bonchev–Trinajstić information content (AvgIpc) is 3.20. The molecule has 2 amide bonds. The van der Waals surface area contributed by atoms with E-state index >= 15 is 0 Å². The SMILES string of the molecule is CNC(=O)C(C(=O)CO)N(C)C(=O)c1ccc(-c2ccc3c(c2)CCO3)cc1. The number of benzene rings is 2. The lowest BCUT2D eigenvalue weighted by Crippen LogP contribution is -2.52. The zero-order valence-electron chi connectivity index (χ0n) is 15.8. The Hall–Kier alpha value is -3.19. The van der Waals surface area contributed by atoms with Crippen molar-refractivity contribution in [3.05, 3.63) is 53.6 Å². The monoisotopic (exact) mass is 382 g/mol. The zero-order chi connectivity index (χ0) is 20.3. The molecule has 0 radical (unpaired) electrons. The van der Waals surface area contributed by atoms with E-state index in [2.05, 4.69) is 11.4 Å². The van der Waals surface area contributed by atoms with E-state index in [1.807, 2.05) is 24.3 Å². The number of carbonyl (C=O) groups excluding carboxylic acids is 3. The number of nitrogens with zero attached hydrogens (tertiary/aromatic N) is 1. The predicted octanol–water partition coefficient (Wildman–Crippen LogP) is 1.04. The number of hydrogen-bond acceptors (Lipinski definition) is 5. The largest absolute Gasteiger partial charge is 0.493 e. The first kappa shape index (κ1) is 19.6. The Labute approximate surface area is 162 Å². The summed E-state index contributed by atoms with van der Waals surface area (Å²) < 4.78 is 5.52. The smallest absolute Gasteiger partial charge is 0.254 e. The van der Waals surface area contributed by atoms with Crippen molar-refractivity contribution in [2.24, 2.45) is 0 Å². The van der Waals surface area contributed by atoms with Crippen LogP contribution in [0.3, 0.4) is 0 Å². The van der Waals surface area contributed by atoms with Crippen LogP contribution >= 0.6 is 0 Å². The fourth-order valence-corrected chi connectivity index (χ4v) is 3.25. The van der Waals surface area contributed by atoms with Crippen LogP contribution in [0.25, 0.3) is 11.1 Å². The number of fused-ring (bicyclic) bond motifs is 1. The second-order valence-corrected chi connectivity index (χ2v) is 6.56. The van der Waals surface area contributed by atoms with Crippen molar-refractivity contribution in [2.45, 2.75) is 12.5 Å². The third kappa shape index (κ3) is 3.75. The molecule has 0 fully saturated rings. The number of ether oxygens (including phenoxy) is 1. The molecule has 2 aromatic carbocycles. The van der Waals surface area contributed by atoms with Crippen molar-refractivity contribution in [1.29, 1.82) is 0 Å².